The molecule has 0 aliphatic carbocycles. The molecule has 116 valence electrons. The highest BCUT2D eigenvalue weighted by atomic mass is 16.6. The van der Waals surface area contributed by atoms with Gasteiger partial charge in [0.2, 0.25) is 0 Å². The molecule has 21 heavy (non-hydrogen) atoms. The van der Waals surface area contributed by atoms with Crippen LogP contribution in [0.3, 0.4) is 0 Å². The van der Waals surface area contributed by atoms with E-state index in [4.69, 9.17) is 9.84 Å². The number of carbonyl (C=O) groups is 1. The Balaban J connectivity index is 1.99. The van der Waals surface area contributed by atoms with E-state index in [0.717, 1.165) is 31.4 Å². The molecule has 1 unspecified atom stereocenters. The molecule has 0 saturated carbocycles. The maximum absolute atomic E-state index is 12.2. The van der Waals surface area contributed by atoms with Crippen LogP contribution < -0.4 is 0 Å². The smallest absolute Gasteiger partial charge is 0.410 e. The molecule has 1 atom stereocenters. The van der Waals surface area contributed by atoms with Gasteiger partial charge in [0.1, 0.15) is 5.60 Å². The Morgan fingerprint density at radius 3 is 2.48 bits per heavy atom. The van der Waals surface area contributed by atoms with Crippen LogP contribution in [0.2, 0.25) is 0 Å². The van der Waals surface area contributed by atoms with Gasteiger partial charge in [-0.15, -0.1) is 0 Å². The number of aliphatic hydroxyl groups is 1. The van der Waals surface area contributed by atoms with Crippen LogP contribution in [0.25, 0.3) is 0 Å². The molecule has 1 aliphatic heterocycles. The molecule has 0 aromatic heterocycles. The third-order valence-electron chi connectivity index (χ3n) is 3.68. The van der Waals surface area contributed by atoms with Gasteiger partial charge >= 0.3 is 6.09 Å². The number of ether oxygens (including phenoxy) is 1. The van der Waals surface area contributed by atoms with Crippen molar-refractivity contribution in [1.82, 2.24) is 4.90 Å². The molecule has 1 fully saturated rings. The summed E-state index contributed by atoms with van der Waals surface area (Å²) in [6.07, 6.45) is 2.67. The number of hydrogen-bond acceptors (Lipinski definition) is 3. The number of rotatable bonds is 3. The fraction of sp³-hybridized carbons (Fsp3) is 0.588. The molecule has 2 rings (SSSR count). The van der Waals surface area contributed by atoms with Gasteiger partial charge < -0.3 is 14.7 Å². The average Bonchev–Trinajstić information content (AvgIpc) is 2.86. The van der Waals surface area contributed by atoms with Crippen LogP contribution in [-0.2, 0) is 17.8 Å². The van der Waals surface area contributed by atoms with Gasteiger partial charge in [-0.25, -0.2) is 4.79 Å². The van der Waals surface area contributed by atoms with Crippen molar-refractivity contribution in [3.8, 4) is 0 Å². The second-order valence-corrected chi connectivity index (χ2v) is 6.65. The summed E-state index contributed by atoms with van der Waals surface area (Å²) in [4.78, 5) is 14.1. The fourth-order valence-electron chi connectivity index (χ4n) is 2.66. The molecule has 1 heterocycles. The molecule has 0 radical (unpaired) electrons. The maximum atomic E-state index is 12.2. The molecule has 1 amide bonds. The summed E-state index contributed by atoms with van der Waals surface area (Å²) in [5.74, 6) is 0. The van der Waals surface area contributed by atoms with Gasteiger partial charge in [-0.3, -0.25) is 0 Å². The highest BCUT2D eigenvalue weighted by molar-refractivity contribution is 5.69. The first-order valence-electron chi connectivity index (χ1n) is 7.57. The third kappa shape index (κ3) is 4.46. The minimum Gasteiger partial charge on any atom is -0.444 e. The Hall–Kier alpha value is -1.55. The van der Waals surface area contributed by atoms with Crippen molar-refractivity contribution >= 4 is 6.09 Å². The van der Waals surface area contributed by atoms with E-state index in [1.54, 1.807) is 0 Å². The molecular weight excluding hydrogens is 266 g/mol. The van der Waals surface area contributed by atoms with Crippen LogP contribution in [0.15, 0.2) is 24.3 Å². The first kappa shape index (κ1) is 15.8. The van der Waals surface area contributed by atoms with Crippen LogP contribution >= 0.6 is 0 Å². The van der Waals surface area contributed by atoms with Crippen LogP contribution in [0, 0.1) is 0 Å². The fourth-order valence-corrected chi connectivity index (χ4v) is 2.66. The quantitative estimate of drug-likeness (QED) is 0.931. The lowest BCUT2D eigenvalue weighted by Crippen LogP contribution is -2.40. The summed E-state index contributed by atoms with van der Waals surface area (Å²) in [6, 6.07) is 8.12. The van der Waals surface area contributed by atoms with Gasteiger partial charge in [0.25, 0.3) is 0 Å². The third-order valence-corrected chi connectivity index (χ3v) is 3.68. The summed E-state index contributed by atoms with van der Waals surface area (Å²) in [7, 11) is 0. The van der Waals surface area contributed by atoms with Gasteiger partial charge in [-0.05, 0) is 51.2 Å². The Morgan fingerprint density at radius 2 is 1.90 bits per heavy atom. The lowest BCUT2D eigenvalue weighted by Gasteiger charge is -2.28. The van der Waals surface area contributed by atoms with Gasteiger partial charge in [0.05, 0.1) is 6.61 Å². The molecule has 1 saturated heterocycles. The first-order valence-corrected chi connectivity index (χ1v) is 7.57. The van der Waals surface area contributed by atoms with Crippen LogP contribution in [-0.4, -0.2) is 34.3 Å². The van der Waals surface area contributed by atoms with E-state index < -0.39 is 5.60 Å². The zero-order chi connectivity index (χ0) is 15.5. The van der Waals surface area contributed by atoms with Crippen molar-refractivity contribution in [2.75, 3.05) is 6.54 Å². The average molecular weight is 291 g/mol. The standard InChI is InChI=1S/C17H25NO3/c1-17(2,3)21-16(20)18-10-4-5-15(18)11-13-6-8-14(12-19)9-7-13/h6-9,15,19H,4-5,10-12H2,1-3H3. The number of amides is 1. The molecule has 1 aromatic carbocycles. The molecule has 4 heteroatoms. The minimum absolute atomic E-state index is 0.0632. The predicted octanol–water partition coefficient (Wildman–Crippen LogP) is 3.12. The molecule has 4 nitrogen and oxygen atoms in total. The molecule has 1 N–H and O–H groups in total. The number of hydrogen-bond donors (Lipinski definition) is 1. The van der Waals surface area contributed by atoms with Crippen molar-refractivity contribution in [2.24, 2.45) is 0 Å². The van der Waals surface area contributed by atoms with E-state index in [9.17, 15) is 4.79 Å². The Kier molecular flexibility index (Phi) is 4.88. The van der Waals surface area contributed by atoms with Crippen molar-refractivity contribution in [1.29, 1.82) is 0 Å². The van der Waals surface area contributed by atoms with Gasteiger partial charge in [0, 0.05) is 12.6 Å². The van der Waals surface area contributed by atoms with Gasteiger partial charge in [-0.1, -0.05) is 24.3 Å². The maximum Gasteiger partial charge on any atom is 0.410 e. The van der Waals surface area contributed by atoms with E-state index in [1.807, 2.05) is 49.9 Å². The summed E-state index contributed by atoms with van der Waals surface area (Å²) < 4.78 is 5.48. The molecule has 1 aromatic rings. The Labute approximate surface area is 126 Å². The number of aliphatic hydroxyl groups excluding tert-OH is 1. The summed E-state index contributed by atoms with van der Waals surface area (Å²) in [5.41, 5.74) is 1.65. The first-order chi connectivity index (χ1) is 9.89. The normalized spacial score (nSPS) is 18.9. The number of nitrogens with zero attached hydrogens (tertiary/aromatic N) is 1. The van der Waals surface area contributed by atoms with Crippen molar-refractivity contribution in [3.63, 3.8) is 0 Å². The zero-order valence-corrected chi connectivity index (χ0v) is 13.1. The minimum atomic E-state index is -0.451. The number of carbonyl (C=O) groups excluding carboxylic acids is 1. The van der Waals surface area contributed by atoms with Crippen molar-refractivity contribution < 1.29 is 14.6 Å². The molecule has 0 spiro atoms. The van der Waals surface area contributed by atoms with Gasteiger partial charge in [0.15, 0.2) is 0 Å². The summed E-state index contributed by atoms with van der Waals surface area (Å²) in [5, 5.41) is 9.07. The highest BCUT2D eigenvalue weighted by Gasteiger charge is 2.32. The van der Waals surface area contributed by atoms with E-state index in [0.29, 0.717) is 0 Å². The number of likely N-dealkylation sites (tertiary alicyclic amines) is 1. The van der Waals surface area contributed by atoms with E-state index in [1.165, 1.54) is 5.56 Å². The second kappa shape index (κ2) is 6.48. The van der Waals surface area contributed by atoms with Crippen LogP contribution in [0.5, 0.6) is 0 Å². The highest BCUT2D eigenvalue weighted by Crippen LogP contribution is 2.24. The van der Waals surface area contributed by atoms with E-state index in [-0.39, 0.29) is 18.7 Å². The van der Waals surface area contributed by atoms with E-state index in [2.05, 4.69) is 0 Å². The second-order valence-electron chi connectivity index (χ2n) is 6.65. The lowest BCUT2D eigenvalue weighted by molar-refractivity contribution is 0.0227. The zero-order valence-electron chi connectivity index (χ0n) is 13.1. The van der Waals surface area contributed by atoms with Crippen LogP contribution in [0.1, 0.15) is 44.7 Å². The summed E-state index contributed by atoms with van der Waals surface area (Å²) >= 11 is 0. The van der Waals surface area contributed by atoms with Gasteiger partial charge in [-0.2, -0.15) is 0 Å². The summed E-state index contributed by atoms with van der Waals surface area (Å²) in [6.45, 7) is 6.51. The van der Waals surface area contributed by atoms with Crippen molar-refractivity contribution in [2.45, 2.75) is 58.3 Å². The lowest BCUT2D eigenvalue weighted by atomic mass is 10.0. The molecule has 1 aliphatic rings. The topological polar surface area (TPSA) is 49.8 Å². The SMILES string of the molecule is CC(C)(C)OC(=O)N1CCCC1Cc1ccc(CO)cc1. The molecular formula is C17H25NO3. The predicted molar refractivity (Wildman–Crippen MR) is 82.0 cm³/mol. The Bertz CT molecular complexity index is 476. The van der Waals surface area contributed by atoms with E-state index >= 15 is 0 Å². The monoisotopic (exact) mass is 291 g/mol. The number of benzene rings is 1. The Morgan fingerprint density at radius 1 is 1.29 bits per heavy atom. The molecule has 0 bridgehead atoms. The van der Waals surface area contributed by atoms with Crippen LogP contribution in [0.4, 0.5) is 4.79 Å². The van der Waals surface area contributed by atoms with Crippen molar-refractivity contribution in [3.05, 3.63) is 35.4 Å². The largest absolute Gasteiger partial charge is 0.444 e.